The van der Waals surface area contributed by atoms with Crippen LogP contribution >= 0.6 is 0 Å². The second kappa shape index (κ2) is 5.03. The highest BCUT2D eigenvalue weighted by molar-refractivity contribution is 5.87. The second-order valence-electron chi connectivity index (χ2n) is 2.05. The predicted molar refractivity (Wildman–Crippen MR) is 40.4 cm³/mol. The van der Waals surface area contributed by atoms with Gasteiger partial charge >= 0.3 is 5.97 Å². The van der Waals surface area contributed by atoms with Gasteiger partial charge in [0, 0.05) is 5.57 Å². The number of hydrogen-bond acceptors (Lipinski definition) is 2. The zero-order chi connectivity index (χ0) is 7.98. The summed E-state index contributed by atoms with van der Waals surface area (Å²) < 4.78 is 4.45. The third kappa shape index (κ3) is 3.28. The van der Waals surface area contributed by atoms with Crippen LogP contribution in [0.15, 0.2) is 12.2 Å². The molecular formula is C8H13O2. The van der Waals surface area contributed by atoms with Crippen molar-refractivity contribution in [1.82, 2.24) is 0 Å². The van der Waals surface area contributed by atoms with Crippen LogP contribution in [0.3, 0.4) is 0 Å². The van der Waals surface area contributed by atoms with Gasteiger partial charge in [0.25, 0.3) is 0 Å². The summed E-state index contributed by atoms with van der Waals surface area (Å²) in [4.78, 5) is 10.7. The van der Waals surface area contributed by atoms with Crippen LogP contribution in [0.1, 0.15) is 19.3 Å². The Kier molecular flexibility index (Phi) is 4.63. The summed E-state index contributed by atoms with van der Waals surface area (Å²) in [6, 6.07) is 0. The fraction of sp³-hybridized carbons (Fsp3) is 0.500. The minimum atomic E-state index is -0.312. The van der Waals surface area contributed by atoms with E-state index >= 15 is 0 Å². The molecule has 0 fully saturated rings. The molecule has 0 aliphatic heterocycles. The van der Waals surface area contributed by atoms with Crippen LogP contribution in [0.25, 0.3) is 0 Å². The minimum absolute atomic E-state index is 0.312. The number of ether oxygens (including phenoxy) is 1. The molecule has 0 heterocycles. The summed E-state index contributed by atoms with van der Waals surface area (Å²) in [6.07, 6.45) is 2.42. The highest BCUT2D eigenvalue weighted by Gasteiger charge is 2.03. The smallest absolute Gasteiger partial charge is 0.333 e. The van der Waals surface area contributed by atoms with Crippen LogP contribution in [0.2, 0.25) is 0 Å². The molecule has 0 aliphatic rings. The Balaban J connectivity index is 3.52. The third-order valence-electron chi connectivity index (χ3n) is 1.20. The molecule has 0 rings (SSSR count). The van der Waals surface area contributed by atoms with Gasteiger partial charge in [0.15, 0.2) is 0 Å². The van der Waals surface area contributed by atoms with Crippen molar-refractivity contribution in [2.24, 2.45) is 0 Å². The number of methoxy groups -OCH3 is 1. The molecule has 2 heteroatoms. The van der Waals surface area contributed by atoms with Gasteiger partial charge in [-0.25, -0.2) is 4.79 Å². The predicted octanol–water partition coefficient (Wildman–Crippen LogP) is 1.72. The van der Waals surface area contributed by atoms with E-state index in [0.717, 1.165) is 12.8 Å². The first kappa shape index (κ1) is 9.21. The van der Waals surface area contributed by atoms with E-state index in [0.29, 0.717) is 12.0 Å². The van der Waals surface area contributed by atoms with Crippen molar-refractivity contribution in [2.75, 3.05) is 7.11 Å². The van der Waals surface area contributed by atoms with Crippen molar-refractivity contribution < 1.29 is 9.53 Å². The third-order valence-corrected chi connectivity index (χ3v) is 1.20. The molecule has 0 atom stereocenters. The summed E-state index contributed by atoms with van der Waals surface area (Å²) in [5.74, 6) is -0.312. The molecule has 0 aromatic carbocycles. The van der Waals surface area contributed by atoms with Gasteiger partial charge in [-0.3, -0.25) is 0 Å². The average molecular weight is 141 g/mol. The largest absolute Gasteiger partial charge is 0.466 e. The van der Waals surface area contributed by atoms with Crippen LogP contribution < -0.4 is 0 Å². The van der Waals surface area contributed by atoms with E-state index in [2.05, 4.69) is 18.2 Å². The first-order valence-corrected chi connectivity index (χ1v) is 3.27. The molecule has 0 saturated carbocycles. The molecule has 10 heavy (non-hydrogen) atoms. The van der Waals surface area contributed by atoms with Crippen LogP contribution in [0.4, 0.5) is 0 Å². The minimum Gasteiger partial charge on any atom is -0.466 e. The summed E-state index contributed by atoms with van der Waals surface area (Å²) in [5, 5.41) is 0. The normalized spacial score (nSPS) is 9.00. The monoisotopic (exact) mass is 141 g/mol. The maximum absolute atomic E-state index is 10.7. The Bertz CT molecular complexity index is 127. The molecule has 0 N–H and O–H groups in total. The Hall–Kier alpha value is -0.790. The molecule has 0 unspecified atom stereocenters. The maximum atomic E-state index is 10.7. The van der Waals surface area contributed by atoms with Gasteiger partial charge in [0.05, 0.1) is 7.11 Å². The van der Waals surface area contributed by atoms with Gasteiger partial charge in [-0.05, 0) is 12.8 Å². The number of carbonyl (C=O) groups is 1. The summed E-state index contributed by atoms with van der Waals surface area (Å²) in [6.45, 7) is 7.21. The van der Waals surface area contributed by atoms with Gasteiger partial charge in [0.2, 0.25) is 0 Å². The lowest BCUT2D eigenvalue weighted by molar-refractivity contribution is -0.136. The van der Waals surface area contributed by atoms with Crippen molar-refractivity contribution in [2.45, 2.75) is 19.3 Å². The average Bonchev–Trinajstić information content (AvgIpc) is 1.98. The van der Waals surface area contributed by atoms with E-state index in [-0.39, 0.29) is 5.97 Å². The van der Waals surface area contributed by atoms with Crippen molar-refractivity contribution >= 4 is 5.97 Å². The number of rotatable bonds is 4. The first-order chi connectivity index (χ1) is 4.72. The molecule has 0 amide bonds. The van der Waals surface area contributed by atoms with Crippen molar-refractivity contribution in [3.63, 3.8) is 0 Å². The lowest BCUT2D eigenvalue weighted by Crippen LogP contribution is -2.02. The van der Waals surface area contributed by atoms with E-state index in [1.54, 1.807) is 0 Å². The summed E-state index contributed by atoms with van der Waals surface area (Å²) in [5.41, 5.74) is 0.533. The van der Waals surface area contributed by atoms with Gasteiger partial charge in [-0.2, -0.15) is 0 Å². The second-order valence-corrected chi connectivity index (χ2v) is 2.05. The highest BCUT2D eigenvalue weighted by Crippen LogP contribution is 2.05. The Morgan fingerprint density at radius 3 is 2.60 bits per heavy atom. The Labute approximate surface area is 61.9 Å². The van der Waals surface area contributed by atoms with E-state index in [1.165, 1.54) is 7.11 Å². The fourth-order valence-electron chi connectivity index (χ4n) is 0.585. The molecular weight excluding hydrogens is 128 g/mol. The maximum Gasteiger partial charge on any atom is 0.333 e. The topological polar surface area (TPSA) is 26.3 Å². The molecule has 0 bridgehead atoms. The van der Waals surface area contributed by atoms with Crippen LogP contribution in [0.5, 0.6) is 0 Å². The van der Waals surface area contributed by atoms with Crippen molar-refractivity contribution in [1.29, 1.82) is 0 Å². The zero-order valence-electron chi connectivity index (χ0n) is 6.35. The zero-order valence-corrected chi connectivity index (χ0v) is 6.35. The molecule has 0 aromatic rings. The number of unbranched alkanes of at least 4 members (excludes halogenated alkanes) is 1. The quantitative estimate of drug-likeness (QED) is 0.440. The van der Waals surface area contributed by atoms with Crippen molar-refractivity contribution in [3.8, 4) is 0 Å². The SMILES string of the molecule is [CH2]CCCC(=C)C(=O)OC. The highest BCUT2D eigenvalue weighted by atomic mass is 16.5. The summed E-state index contributed by atoms with van der Waals surface area (Å²) >= 11 is 0. The lowest BCUT2D eigenvalue weighted by atomic mass is 10.1. The lowest BCUT2D eigenvalue weighted by Gasteiger charge is -2.00. The number of hydrogen-bond donors (Lipinski definition) is 0. The van der Waals surface area contributed by atoms with Gasteiger partial charge in [0.1, 0.15) is 0 Å². The molecule has 0 saturated heterocycles. The van der Waals surface area contributed by atoms with Crippen molar-refractivity contribution in [3.05, 3.63) is 19.1 Å². The van der Waals surface area contributed by atoms with E-state index in [9.17, 15) is 4.79 Å². The summed E-state index contributed by atoms with van der Waals surface area (Å²) in [7, 11) is 1.36. The Morgan fingerprint density at radius 2 is 2.20 bits per heavy atom. The molecule has 57 valence electrons. The fourth-order valence-corrected chi connectivity index (χ4v) is 0.585. The number of carbonyl (C=O) groups excluding carboxylic acids is 1. The molecule has 2 nitrogen and oxygen atoms in total. The van der Waals surface area contributed by atoms with E-state index < -0.39 is 0 Å². The van der Waals surface area contributed by atoms with Crippen LogP contribution in [-0.2, 0) is 9.53 Å². The van der Waals surface area contributed by atoms with E-state index in [4.69, 9.17) is 0 Å². The molecule has 0 spiro atoms. The number of esters is 1. The van der Waals surface area contributed by atoms with Crippen LogP contribution in [-0.4, -0.2) is 13.1 Å². The van der Waals surface area contributed by atoms with Crippen LogP contribution in [0, 0.1) is 6.92 Å². The molecule has 0 aliphatic carbocycles. The molecule has 1 radical (unpaired) electrons. The van der Waals surface area contributed by atoms with E-state index in [1.807, 2.05) is 0 Å². The Morgan fingerprint density at radius 1 is 1.60 bits per heavy atom. The standard InChI is InChI=1S/C8H13O2/c1-4-5-6-7(2)8(9)10-3/h1-2,4-6H2,3H3. The van der Waals surface area contributed by atoms with Gasteiger partial charge < -0.3 is 4.74 Å². The molecule has 0 aromatic heterocycles. The van der Waals surface area contributed by atoms with Gasteiger partial charge in [-0.1, -0.05) is 19.9 Å². The van der Waals surface area contributed by atoms with Gasteiger partial charge in [-0.15, -0.1) is 0 Å². The first-order valence-electron chi connectivity index (χ1n) is 3.27.